The van der Waals surface area contributed by atoms with Gasteiger partial charge in [-0.2, -0.15) is 18.3 Å². The molecular weight excluding hydrogens is 565 g/mol. The normalized spacial score (nSPS) is 12.3. The summed E-state index contributed by atoms with van der Waals surface area (Å²) in [5.41, 5.74) is 3.96. The standard InChI is InChI=1S/C30H25F3N6O2S/c1-3-7-25-27-28(39(2)37-25)26(35-29(36-27)18-10-12-19(13-11-18)30(31,32)33)23-17-34-24-15-14-20(16-22(23)24)38-42(40,41)21-8-5-4-6-9-21/h4-6,8-17,34,38H,3,7H2,1-2H3. The van der Waals surface area contributed by atoms with Gasteiger partial charge >= 0.3 is 6.18 Å². The maximum Gasteiger partial charge on any atom is 0.416 e. The summed E-state index contributed by atoms with van der Waals surface area (Å²) in [5, 5.41) is 5.37. The van der Waals surface area contributed by atoms with Gasteiger partial charge in [-0.05, 0) is 48.9 Å². The summed E-state index contributed by atoms with van der Waals surface area (Å²) in [5.74, 6) is 0.256. The first-order valence-corrected chi connectivity index (χ1v) is 14.6. The van der Waals surface area contributed by atoms with Crippen LogP contribution in [-0.4, -0.2) is 33.2 Å². The molecular formula is C30H25F3N6O2S. The van der Waals surface area contributed by atoms with Crippen LogP contribution in [0.5, 0.6) is 0 Å². The summed E-state index contributed by atoms with van der Waals surface area (Å²) < 4.78 is 69.9. The number of aromatic nitrogens is 5. The molecule has 0 unspecified atom stereocenters. The second-order valence-corrected chi connectivity index (χ2v) is 11.6. The highest BCUT2D eigenvalue weighted by Crippen LogP contribution is 2.37. The lowest BCUT2D eigenvalue weighted by Gasteiger charge is -2.10. The zero-order valence-electron chi connectivity index (χ0n) is 22.6. The molecule has 3 heterocycles. The molecule has 6 aromatic rings. The van der Waals surface area contributed by atoms with Gasteiger partial charge in [0.2, 0.25) is 0 Å². The lowest BCUT2D eigenvalue weighted by molar-refractivity contribution is -0.137. The molecule has 3 aromatic heterocycles. The van der Waals surface area contributed by atoms with Crippen LogP contribution in [0.4, 0.5) is 18.9 Å². The number of aryl methyl sites for hydroxylation is 2. The van der Waals surface area contributed by atoms with Crippen molar-refractivity contribution in [2.24, 2.45) is 7.05 Å². The average molecular weight is 591 g/mol. The number of rotatable bonds is 7. The van der Waals surface area contributed by atoms with E-state index in [0.717, 1.165) is 29.8 Å². The van der Waals surface area contributed by atoms with E-state index in [1.807, 2.05) is 6.92 Å². The number of fused-ring (bicyclic) bond motifs is 2. The molecule has 0 radical (unpaired) electrons. The predicted octanol–water partition coefficient (Wildman–Crippen LogP) is 6.95. The van der Waals surface area contributed by atoms with Gasteiger partial charge in [0.05, 0.1) is 16.2 Å². The SMILES string of the molecule is CCCc1nn(C)c2c(-c3c[nH]c4ccc(NS(=O)(=O)c5ccccc5)cc34)nc(-c3ccc(C(F)(F)F)cc3)nc12. The van der Waals surface area contributed by atoms with Crippen LogP contribution in [0.25, 0.3) is 44.6 Å². The summed E-state index contributed by atoms with van der Waals surface area (Å²) >= 11 is 0. The second-order valence-electron chi connectivity index (χ2n) is 9.87. The first-order chi connectivity index (χ1) is 20.0. The molecule has 0 aliphatic rings. The zero-order valence-corrected chi connectivity index (χ0v) is 23.4. The Morgan fingerprint density at radius 2 is 1.71 bits per heavy atom. The van der Waals surface area contributed by atoms with E-state index >= 15 is 0 Å². The number of aromatic amines is 1. The smallest absolute Gasteiger partial charge is 0.360 e. The Kier molecular flexibility index (Phi) is 6.72. The fraction of sp³-hybridized carbons (Fsp3) is 0.167. The Bertz CT molecular complexity index is 2030. The van der Waals surface area contributed by atoms with Crippen LogP contribution in [0.1, 0.15) is 24.6 Å². The van der Waals surface area contributed by atoms with Crippen molar-refractivity contribution in [3.05, 3.63) is 90.3 Å². The van der Waals surface area contributed by atoms with E-state index in [2.05, 4.69) is 14.8 Å². The number of halogens is 3. The number of alkyl halides is 3. The number of nitrogens with one attached hydrogen (secondary N) is 2. The van der Waals surface area contributed by atoms with Crippen molar-refractivity contribution < 1.29 is 21.6 Å². The molecule has 12 heteroatoms. The third-order valence-corrected chi connectivity index (χ3v) is 8.35. The minimum absolute atomic E-state index is 0.136. The highest BCUT2D eigenvalue weighted by atomic mass is 32.2. The number of hydrogen-bond donors (Lipinski definition) is 2. The summed E-state index contributed by atoms with van der Waals surface area (Å²) in [6, 6.07) is 17.9. The second kappa shape index (κ2) is 10.3. The molecule has 214 valence electrons. The number of H-pyrrole nitrogens is 1. The minimum atomic E-state index is -4.46. The summed E-state index contributed by atoms with van der Waals surface area (Å²) in [6.45, 7) is 2.02. The van der Waals surface area contributed by atoms with Gasteiger partial charge in [0, 0.05) is 41.0 Å². The number of anilines is 1. The van der Waals surface area contributed by atoms with Crippen LogP contribution in [0.15, 0.2) is 83.9 Å². The van der Waals surface area contributed by atoms with Crippen molar-refractivity contribution in [3.8, 4) is 22.6 Å². The van der Waals surface area contributed by atoms with Gasteiger partial charge in [0.15, 0.2) is 5.82 Å². The molecule has 0 aliphatic heterocycles. The van der Waals surface area contributed by atoms with Gasteiger partial charge in [-0.25, -0.2) is 18.4 Å². The van der Waals surface area contributed by atoms with Crippen molar-refractivity contribution in [3.63, 3.8) is 0 Å². The van der Waals surface area contributed by atoms with E-state index in [4.69, 9.17) is 9.97 Å². The summed E-state index contributed by atoms with van der Waals surface area (Å²) in [4.78, 5) is 12.9. The van der Waals surface area contributed by atoms with Gasteiger partial charge in [-0.1, -0.05) is 43.7 Å². The average Bonchev–Trinajstić information content (AvgIpc) is 3.53. The van der Waals surface area contributed by atoms with Crippen molar-refractivity contribution >= 4 is 37.6 Å². The maximum atomic E-state index is 13.2. The molecule has 0 fully saturated rings. The van der Waals surface area contributed by atoms with E-state index in [9.17, 15) is 21.6 Å². The van der Waals surface area contributed by atoms with Gasteiger partial charge in [-0.3, -0.25) is 9.40 Å². The number of benzene rings is 3. The van der Waals surface area contributed by atoms with Gasteiger partial charge in [0.25, 0.3) is 10.0 Å². The Morgan fingerprint density at radius 1 is 0.976 bits per heavy atom. The number of sulfonamides is 1. The third kappa shape index (κ3) is 4.98. The van der Waals surface area contributed by atoms with E-state index < -0.39 is 21.8 Å². The quantitative estimate of drug-likeness (QED) is 0.209. The Labute approximate surface area is 239 Å². The molecule has 0 saturated heterocycles. The van der Waals surface area contributed by atoms with Crippen LogP contribution in [0.2, 0.25) is 0 Å². The molecule has 3 aromatic carbocycles. The van der Waals surface area contributed by atoms with Gasteiger partial charge in [0.1, 0.15) is 16.7 Å². The van der Waals surface area contributed by atoms with Crippen molar-refractivity contribution in [1.82, 2.24) is 24.7 Å². The summed E-state index contributed by atoms with van der Waals surface area (Å²) in [7, 11) is -2.03. The predicted molar refractivity (Wildman–Crippen MR) is 155 cm³/mol. The fourth-order valence-corrected chi connectivity index (χ4v) is 6.04. The Morgan fingerprint density at radius 3 is 2.40 bits per heavy atom. The molecule has 8 nitrogen and oxygen atoms in total. The minimum Gasteiger partial charge on any atom is -0.360 e. The first kappa shape index (κ1) is 27.5. The zero-order chi connectivity index (χ0) is 29.6. The monoisotopic (exact) mass is 590 g/mol. The van der Waals surface area contributed by atoms with Crippen molar-refractivity contribution in [2.75, 3.05) is 4.72 Å². The molecule has 0 amide bonds. The van der Waals surface area contributed by atoms with Crippen LogP contribution in [0.3, 0.4) is 0 Å². The van der Waals surface area contributed by atoms with Crippen molar-refractivity contribution in [2.45, 2.75) is 30.8 Å². The van der Waals surface area contributed by atoms with Crippen LogP contribution in [0, 0.1) is 0 Å². The molecule has 0 atom stereocenters. The lowest BCUT2D eigenvalue weighted by atomic mass is 10.1. The number of hydrogen-bond acceptors (Lipinski definition) is 5. The lowest BCUT2D eigenvalue weighted by Crippen LogP contribution is -2.12. The largest absolute Gasteiger partial charge is 0.416 e. The topological polar surface area (TPSA) is 106 Å². The molecule has 0 aliphatic carbocycles. The first-order valence-electron chi connectivity index (χ1n) is 13.2. The highest BCUT2D eigenvalue weighted by Gasteiger charge is 2.30. The molecule has 2 N–H and O–H groups in total. The molecule has 0 bridgehead atoms. The van der Waals surface area contributed by atoms with Gasteiger partial charge in [-0.15, -0.1) is 0 Å². The van der Waals surface area contributed by atoms with Crippen LogP contribution in [-0.2, 0) is 29.7 Å². The Hall–Kier alpha value is -4.71. The molecule has 6 rings (SSSR count). The van der Waals surface area contributed by atoms with Gasteiger partial charge < -0.3 is 4.98 Å². The van der Waals surface area contributed by atoms with E-state index in [0.29, 0.717) is 45.3 Å². The molecule has 0 spiro atoms. The number of nitrogens with zero attached hydrogens (tertiary/aromatic N) is 4. The van der Waals surface area contributed by atoms with Crippen LogP contribution >= 0.6 is 0 Å². The summed E-state index contributed by atoms with van der Waals surface area (Å²) in [6.07, 6.45) is -1.22. The third-order valence-electron chi connectivity index (χ3n) is 6.95. The Balaban J connectivity index is 1.52. The highest BCUT2D eigenvalue weighted by molar-refractivity contribution is 7.92. The van der Waals surface area contributed by atoms with E-state index in [1.165, 1.54) is 24.3 Å². The fourth-order valence-electron chi connectivity index (χ4n) is 4.97. The van der Waals surface area contributed by atoms with E-state index in [1.54, 1.807) is 54.3 Å². The maximum absolute atomic E-state index is 13.2. The van der Waals surface area contributed by atoms with Crippen molar-refractivity contribution in [1.29, 1.82) is 0 Å². The molecule has 0 saturated carbocycles. The van der Waals surface area contributed by atoms with E-state index in [-0.39, 0.29) is 10.7 Å². The van der Waals surface area contributed by atoms with Crippen LogP contribution < -0.4 is 4.72 Å². The molecule has 42 heavy (non-hydrogen) atoms.